The predicted octanol–water partition coefficient (Wildman–Crippen LogP) is 5.49. The quantitative estimate of drug-likeness (QED) is 0.630. The fraction of sp³-hybridized carbons (Fsp3) is 0.292. The van der Waals surface area contributed by atoms with Crippen LogP contribution >= 0.6 is 0 Å². The van der Waals surface area contributed by atoms with Gasteiger partial charge in [0.25, 0.3) is 5.91 Å². The number of carbonyl (C=O) groups is 1. The van der Waals surface area contributed by atoms with Crippen LogP contribution in [0.2, 0.25) is 0 Å². The Bertz CT molecular complexity index is 943. The second-order valence-corrected chi connectivity index (χ2v) is 7.08. The van der Waals surface area contributed by atoms with Gasteiger partial charge in [0, 0.05) is 5.39 Å². The van der Waals surface area contributed by atoms with Crippen LogP contribution in [0.15, 0.2) is 60.7 Å². The van der Waals surface area contributed by atoms with Gasteiger partial charge in [-0.3, -0.25) is 4.79 Å². The molecule has 0 aliphatic heterocycles. The molecule has 0 radical (unpaired) electrons. The number of hydrogen-bond acceptors (Lipinski definition) is 2. The zero-order chi connectivity index (χ0) is 19.4. The first kappa shape index (κ1) is 19.0. The number of nitrogens with one attached hydrogen (secondary N) is 1. The monoisotopic (exact) mass is 361 g/mol. The lowest BCUT2D eigenvalue weighted by Crippen LogP contribution is -2.39. The second-order valence-electron chi connectivity index (χ2n) is 7.08. The van der Waals surface area contributed by atoms with Crippen LogP contribution in [0.25, 0.3) is 10.8 Å². The van der Waals surface area contributed by atoms with Gasteiger partial charge in [0.05, 0.1) is 6.04 Å². The van der Waals surface area contributed by atoms with Crippen LogP contribution in [0, 0.1) is 13.8 Å². The van der Waals surface area contributed by atoms with Gasteiger partial charge in [0.1, 0.15) is 5.75 Å². The largest absolute Gasteiger partial charge is 0.480 e. The van der Waals surface area contributed by atoms with Crippen molar-refractivity contribution < 1.29 is 9.53 Å². The van der Waals surface area contributed by atoms with Gasteiger partial charge in [-0.05, 0) is 49.8 Å². The zero-order valence-corrected chi connectivity index (χ0v) is 16.5. The van der Waals surface area contributed by atoms with Crippen LogP contribution < -0.4 is 10.1 Å². The molecular weight excluding hydrogens is 334 g/mol. The molecule has 27 heavy (non-hydrogen) atoms. The van der Waals surface area contributed by atoms with Crippen molar-refractivity contribution in [3.05, 3.63) is 77.4 Å². The highest BCUT2D eigenvalue weighted by Gasteiger charge is 2.22. The van der Waals surface area contributed by atoms with Crippen molar-refractivity contribution in [2.75, 3.05) is 0 Å². The van der Waals surface area contributed by atoms with E-state index in [4.69, 9.17) is 4.74 Å². The Morgan fingerprint density at radius 2 is 1.78 bits per heavy atom. The SMILES string of the molecule is CCC(Oc1cccc2ccccc12)C(=O)NC(C)c1cc(C)ccc1C. The van der Waals surface area contributed by atoms with E-state index < -0.39 is 6.10 Å². The van der Waals surface area contributed by atoms with Crippen LogP contribution in [-0.2, 0) is 4.79 Å². The molecule has 0 fully saturated rings. The lowest BCUT2D eigenvalue weighted by molar-refractivity contribution is -0.128. The lowest BCUT2D eigenvalue weighted by atomic mass is 10.00. The fourth-order valence-electron chi connectivity index (χ4n) is 3.38. The molecule has 3 heteroatoms. The molecule has 3 nitrogen and oxygen atoms in total. The van der Waals surface area contributed by atoms with Crippen LogP contribution in [0.1, 0.15) is 43.0 Å². The summed E-state index contributed by atoms with van der Waals surface area (Å²) in [5.74, 6) is 0.660. The Hall–Kier alpha value is -2.81. The van der Waals surface area contributed by atoms with Crippen molar-refractivity contribution in [2.45, 2.75) is 46.3 Å². The Balaban J connectivity index is 1.77. The van der Waals surface area contributed by atoms with Gasteiger partial charge in [-0.25, -0.2) is 0 Å². The number of rotatable bonds is 6. The Labute approximate surface area is 161 Å². The Morgan fingerprint density at radius 1 is 1.04 bits per heavy atom. The number of hydrogen-bond donors (Lipinski definition) is 1. The molecule has 3 aromatic rings. The molecule has 0 aliphatic rings. The summed E-state index contributed by atoms with van der Waals surface area (Å²) in [6.07, 6.45) is 0.0811. The summed E-state index contributed by atoms with van der Waals surface area (Å²) in [6.45, 7) is 8.12. The highest BCUT2D eigenvalue weighted by atomic mass is 16.5. The highest BCUT2D eigenvalue weighted by molar-refractivity contribution is 5.89. The minimum Gasteiger partial charge on any atom is -0.480 e. The summed E-state index contributed by atoms with van der Waals surface area (Å²) in [7, 11) is 0. The Morgan fingerprint density at radius 3 is 2.56 bits per heavy atom. The van der Waals surface area contributed by atoms with Crippen molar-refractivity contribution in [2.24, 2.45) is 0 Å². The minimum atomic E-state index is -0.525. The minimum absolute atomic E-state index is 0.0671. The van der Waals surface area contributed by atoms with Gasteiger partial charge in [0.15, 0.2) is 6.10 Å². The number of amides is 1. The number of aryl methyl sites for hydroxylation is 2. The number of ether oxygens (including phenoxy) is 1. The summed E-state index contributed by atoms with van der Waals surface area (Å²) in [5, 5.41) is 5.25. The molecule has 140 valence electrons. The molecule has 1 amide bonds. The van der Waals surface area contributed by atoms with Crippen LogP contribution in [-0.4, -0.2) is 12.0 Å². The van der Waals surface area contributed by atoms with E-state index in [1.807, 2.05) is 56.3 Å². The van der Waals surface area contributed by atoms with Gasteiger partial charge in [-0.2, -0.15) is 0 Å². The van der Waals surface area contributed by atoms with Crippen molar-refractivity contribution in [1.29, 1.82) is 0 Å². The molecule has 3 rings (SSSR count). The van der Waals surface area contributed by atoms with Gasteiger partial charge < -0.3 is 10.1 Å². The highest BCUT2D eigenvalue weighted by Crippen LogP contribution is 2.27. The summed E-state index contributed by atoms with van der Waals surface area (Å²) >= 11 is 0. The van der Waals surface area contributed by atoms with E-state index in [-0.39, 0.29) is 11.9 Å². The standard InChI is InChI=1S/C24H27NO2/c1-5-22(27-23-12-8-10-19-9-6-7-11-20(19)23)24(26)25-18(4)21-15-16(2)13-14-17(21)3/h6-15,18,22H,5H2,1-4H3,(H,25,26). The van der Waals surface area contributed by atoms with E-state index in [0.29, 0.717) is 6.42 Å². The van der Waals surface area contributed by atoms with Crippen molar-refractivity contribution >= 4 is 16.7 Å². The molecule has 3 aromatic carbocycles. The number of fused-ring (bicyclic) bond motifs is 1. The van der Waals surface area contributed by atoms with Crippen LogP contribution in [0.4, 0.5) is 0 Å². The normalized spacial score (nSPS) is 13.2. The third-order valence-electron chi connectivity index (χ3n) is 4.94. The van der Waals surface area contributed by atoms with Crippen LogP contribution in [0.5, 0.6) is 5.75 Å². The van der Waals surface area contributed by atoms with E-state index in [9.17, 15) is 4.79 Å². The van der Waals surface area contributed by atoms with Gasteiger partial charge in [-0.1, -0.05) is 67.1 Å². The summed E-state index contributed by atoms with van der Waals surface area (Å²) in [5.41, 5.74) is 3.51. The zero-order valence-electron chi connectivity index (χ0n) is 16.5. The third-order valence-corrected chi connectivity index (χ3v) is 4.94. The van der Waals surface area contributed by atoms with E-state index in [1.54, 1.807) is 0 Å². The molecule has 0 heterocycles. The molecule has 2 unspecified atom stereocenters. The topological polar surface area (TPSA) is 38.3 Å². The first-order valence-corrected chi connectivity index (χ1v) is 9.51. The van der Waals surface area contributed by atoms with E-state index in [0.717, 1.165) is 22.1 Å². The van der Waals surface area contributed by atoms with Crippen molar-refractivity contribution in [3.63, 3.8) is 0 Å². The predicted molar refractivity (Wildman–Crippen MR) is 111 cm³/mol. The molecular formula is C24H27NO2. The van der Waals surface area contributed by atoms with Crippen molar-refractivity contribution in [1.82, 2.24) is 5.32 Å². The summed E-state index contributed by atoms with van der Waals surface area (Å²) in [4.78, 5) is 12.9. The van der Waals surface area contributed by atoms with E-state index in [2.05, 4.69) is 37.4 Å². The molecule has 2 atom stereocenters. The summed E-state index contributed by atoms with van der Waals surface area (Å²) < 4.78 is 6.12. The molecule has 0 saturated heterocycles. The molecule has 0 aliphatic carbocycles. The van der Waals surface area contributed by atoms with Gasteiger partial charge in [0.2, 0.25) is 0 Å². The third kappa shape index (κ3) is 4.30. The lowest BCUT2D eigenvalue weighted by Gasteiger charge is -2.22. The van der Waals surface area contributed by atoms with E-state index in [1.165, 1.54) is 11.1 Å². The molecule has 0 bridgehead atoms. The average Bonchev–Trinajstić information content (AvgIpc) is 2.67. The first-order valence-electron chi connectivity index (χ1n) is 9.51. The Kier molecular flexibility index (Phi) is 5.80. The molecule has 0 saturated carbocycles. The second kappa shape index (κ2) is 8.26. The van der Waals surface area contributed by atoms with Gasteiger partial charge >= 0.3 is 0 Å². The van der Waals surface area contributed by atoms with Gasteiger partial charge in [-0.15, -0.1) is 0 Å². The fourth-order valence-corrected chi connectivity index (χ4v) is 3.38. The molecule has 0 aromatic heterocycles. The smallest absolute Gasteiger partial charge is 0.261 e. The average molecular weight is 361 g/mol. The number of carbonyl (C=O) groups excluding carboxylic acids is 1. The number of benzene rings is 3. The van der Waals surface area contributed by atoms with Crippen molar-refractivity contribution in [3.8, 4) is 5.75 Å². The first-order chi connectivity index (χ1) is 13.0. The maximum absolute atomic E-state index is 12.9. The maximum atomic E-state index is 12.9. The summed E-state index contributed by atoms with van der Waals surface area (Å²) in [6, 6.07) is 20.2. The van der Waals surface area contributed by atoms with Crippen LogP contribution in [0.3, 0.4) is 0 Å². The maximum Gasteiger partial charge on any atom is 0.261 e. The molecule has 0 spiro atoms. The molecule has 1 N–H and O–H groups in total. The van der Waals surface area contributed by atoms with E-state index >= 15 is 0 Å².